The SMILES string of the molecule is Cc1ccc2c(c1)C(=O)/C(=N\Nc1ccc3c(n1)CCC=C3)C2. The van der Waals surface area contributed by atoms with Crippen LogP contribution in [0, 0.1) is 6.92 Å². The first-order valence-corrected chi connectivity index (χ1v) is 7.84. The Labute approximate surface area is 135 Å². The number of carbonyl (C=O) groups excluding carboxylic acids is 1. The number of pyridine rings is 1. The van der Waals surface area contributed by atoms with Crippen molar-refractivity contribution in [3.05, 3.63) is 64.4 Å². The van der Waals surface area contributed by atoms with E-state index in [1.54, 1.807) is 0 Å². The number of ketones is 1. The Morgan fingerprint density at radius 3 is 3.04 bits per heavy atom. The highest BCUT2D eigenvalue weighted by Gasteiger charge is 2.26. The number of anilines is 1. The van der Waals surface area contributed by atoms with Gasteiger partial charge in [0, 0.05) is 12.0 Å². The Hall–Kier alpha value is -2.75. The first kappa shape index (κ1) is 13.9. The molecule has 1 aromatic carbocycles. The fraction of sp³-hybridized carbons (Fsp3) is 0.211. The van der Waals surface area contributed by atoms with Gasteiger partial charge in [-0.25, -0.2) is 4.98 Å². The van der Waals surface area contributed by atoms with Crippen molar-refractivity contribution >= 4 is 23.4 Å². The fourth-order valence-electron chi connectivity index (χ4n) is 3.04. The van der Waals surface area contributed by atoms with E-state index in [0.29, 0.717) is 18.0 Å². The molecule has 0 bridgehead atoms. The summed E-state index contributed by atoms with van der Waals surface area (Å²) in [5.41, 5.74) is 8.65. The van der Waals surface area contributed by atoms with Gasteiger partial charge in [-0.2, -0.15) is 5.10 Å². The second-order valence-corrected chi connectivity index (χ2v) is 6.01. The van der Waals surface area contributed by atoms with Crippen LogP contribution in [0.4, 0.5) is 5.82 Å². The van der Waals surface area contributed by atoms with Crippen LogP contribution in [0.3, 0.4) is 0 Å². The molecule has 1 N–H and O–H groups in total. The van der Waals surface area contributed by atoms with E-state index in [1.165, 1.54) is 0 Å². The summed E-state index contributed by atoms with van der Waals surface area (Å²) in [5.74, 6) is 0.698. The number of carbonyl (C=O) groups is 1. The number of nitrogens with zero attached hydrogens (tertiary/aromatic N) is 2. The third-order valence-corrected chi connectivity index (χ3v) is 4.29. The highest BCUT2D eigenvalue weighted by atomic mass is 16.1. The van der Waals surface area contributed by atoms with Gasteiger partial charge in [0.25, 0.3) is 0 Å². The highest BCUT2D eigenvalue weighted by Crippen LogP contribution is 2.22. The Bertz CT molecular complexity index is 865. The number of rotatable bonds is 2. The zero-order valence-electron chi connectivity index (χ0n) is 13.0. The van der Waals surface area contributed by atoms with E-state index < -0.39 is 0 Å². The number of benzene rings is 1. The van der Waals surface area contributed by atoms with Crippen molar-refractivity contribution in [3.63, 3.8) is 0 Å². The molecule has 114 valence electrons. The maximum atomic E-state index is 12.4. The molecule has 4 heteroatoms. The molecule has 0 fully saturated rings. The number of hydrogen-bond donors (Lipinski definition) is 1. The van der Waals surface area contributed by atoms with Gasteiger partial charge in [0.05, 0.1) is 5.69 Å². The monoisotopic (exact) mass is 303 g/mol. The molecule has 4 rings (SSSR count). The maximum Gasteiger partial charge on any atom is 0.209 e. The Morgan fingerprint density at radius 1 is 1.22 bits per heavy atom. The Morgan fingerprint density at radius 2 is 2.13 bits per heavy atom. The second-order valence-electron chi connectivity index (χ2n) is 6.01. The molecular weight excluding hydrogens is 286 g/mol. The minimum Gasteiger partial charge on any atom is -0.287 e. The number of Topliss-reactive ketones (excluding diaryl/α,β-unsaturated/α-hetero) is 1. The van der Waals surface area contributed by atoms with Crippen LogP contribution in [0.15, 0.2) is 41.5 Å². The molecule has 0 aliphatic heterocycles. The van der Waals surface area contributed by atoms with E-state index in [1.807, 2.05) is 37.3 Å². The van der Waals surface area contributed by atoms with Crippen molar-refractivity contribution in [1.29, 1.82) is 0 Å². The van der Waals surface area contributed by atoms with Gasteiger partial charge in [-0.1, -0.05) is 29.8 Å². The average molecular weight is 303 g/mol. The Kier molecular flexibility index (Phi) is 3.30. The van der Waals surface area contributed by atoms with Crippen molar-refractivity contribution in [1.82, 2.24) is 4.98 Å². The van der Waals surface area contributed by atoms with Gasteiger partial charge < -0.3 is 0 Å². The summed E-state index contributed by atoms with van der Waals surface area (Å²) in [4.78, 5) is 17.0. The number of hydrazone groups is 1. The molecule has 23 heavy (non-hydrogen) atoms. The van der Waals surface area contributed by atoms with Gasteiger partial charge in [0.1, 0.15) is 11.5 Å². The summed E-state index contributed by atoms with van der Waals surface area (Å²) in [7, 11) is 0. The number of nitrogens with one attached hydrogen (secondary N) is 1. The van der Waals surface area contributed by atoms with E-state index in [2.05, 4.69) is 27.7 Å². The largest absolute Gasteiger partial charge is 0.287 e. The standard InChI is InChI=1S/C19H17N3O/c1-12-6-7-14-11-17(19(23)15(14)10-12)21-22-18-9-8-13-4-2-3-5-16(13)20-18/h2,4,6-10H,3,5,11H2,1H3,(H,20,22)/b21-17-. The van der Waals surface area contributed by atoms with Gasteiger partial charge in [0.2, 0.25) is 5.78 Å². The molecule has 0 unspecified atom stereocenters. The predicted octanol–water partition coefficient (Wildman–Crippen LogP) is 3.56. The van der Waals surface area contributed by atoms with E-state index in [9.17, 15) is 4.79 Å². The normalized spacial score (nSPS) is 17.3. The lowest BCUT2D eigenvalue weighted by Crippen LogP contribution is -2.11. The number of aromatic nitrogens is 1. The van der Waals surface area contributed by atoms with E-state index in [0.717, 1.165) is 40.8 Å². The molecule has 0 saturated heterocycles. The first-order chi connectivity index (χ1) is 11.2. The molecule has 2 aliphatic rings. The van der Waals surface area contributed by atoms with Crippen LogP contribution >= 0.6 is 0 Å². The summed E-state index contributed by atoms with van der Waals surface area (Å²) in [6.45, 7) is 1.99. The summed E-state index contributed by atoms with van der Waals surface area (Å²) in [6.07, 6.45) is 6.80. The van der Waals surface area contributed by atoms with Crippen LogP contribution < -0.4 is 5.43 Å². The first-order valence-electron chi connectivity index (χ1n) is 7.84. The number of fused-ring (bicyclic) bond motifs is 2. The fourth-order valence-corrected chi connectivity index (χ4v) is 3.04. The second kappa shape index (κ2) is 5.47. The summed E-state index contributed by atoms with van der Waals surface area (Å²) >= 11 is 0. The zero-order valence-corrected chi connectivity index (χ0v) is 13.0. The molecule has 1 aromatic heterocycles. The lowest BCUT2D eigenvalue weighted by molar-refractivity contribution is 0.106. The third-order valence-electron chi connectivity index (χ3n) is 4.29. The van der Waals surface area contributed by atoms with Crippen molar-refractivity contribution in [3.8, 4) is 0 Å². The lowest BCUT2D eigenvalue weighted by atomic mass is 10.0. The molecule has 0 spiro atoms. The van der Waals surface area contributed by atoms with Crippen molar-refractivity contribution in [2.45, 2.75) is 26.2 Å². The van der Waals surface area contributed by atoms with Crippen LogP contribution in [0.1, 0.15) is 39.2 Å². The smallest absolute Gasteiger partial charge is 0.209 e. The molecule has 0 radical (unpaired) electrons. The lowest BCUT2D eigenvalue weighted by Gasteiger charge is -2.10. The predicted molar refractivity (Wildman–Crippen MR) is 91.9 cm³/mol. The number of aryl methyl sites for hydroxylation is 2. The molecule has 2 aromatic rings. The van der Waals surface area contributed by atoms with E-state index >= 15 is 0 Å². The zero-order chi connectivity index (χ0) is 15.8. The van der Waals surface area contributed by atoms with Gasteiger partial charge in [-0.05, 0) is 49.1 Å². The molecule has 4 nitrogen and oxygen atoms in total. The molecule has 0 atom stereocenters. The molecule has 0 saturated carbocycles. The minimum absolute atomic E-state index is 0.0112. The van der Waals surface area contributed by atoms with Crippen LogP contribution in [0.25, 0.3) is 6.08 Å². The third kappa shape index (κ3) is 2.57. The minimum atomic E-state index is 0.0112. The summed E-state index contributed by atoms with van der Waals surface area (Å²) < 4.78 is 0. The van der Waals surface area contributed by atoms with Crippen molar-refractivity contribution in [2.24, 2.45) is 5.10 Å². The van der Waals surface area contributed by atoms with Gasteiger partial charge in [-0.3, -0.25) is 10.2 Å². The quantitative estimate of drug-likeness (QED) is 0.863. The summed E-state index contributed by atoms with van der Waals surface area (Å²) in [5, 5.41) is 4.30. The van der Waals surface area contributed by atoms with Crippen LogP contribution in [-0.2, 0) is 12.8 Å². The van der Waals surface area contributed by atoms with Crippen molar-refractivity contribution < 1.29 is 4.79 Å². The van der Waals surface area contributed by atoms with Crippen LogP contribution in [0.5, 0.6) is 0 Å². The molecule has 1 heterocycles. The maximum absolute atomic E-state index is 12.4. The number of allylic oxidation sites excluding steroid dienone is 1. The average Bonchev–Trinajstić information content (AvgIpc) is 2.89. The Balaban J connectivity index is 1.56. The van der Waals surface area contributed by atoms with Crippen LogP contribution in [-0.4, -0.2) is 16.5 Å². The van der Waals surface area contributed by atoms with Gasteiger partial charge in [-0.15, -0.1) is 0 Å². The van der Waals surface area contributed by atoms with Gasteiger partial charge >= 0.3 is 0 Å². The molecule has 2 aliphatic carbocycles. The number of hydrogen-bond acceptors (Lipinski definition) is 4. The highest BCUT2D eigenvalue weighted by molar-refractivity contribution is 6.49. The van der Waals surface area contributed by atoms with Gasteiger partial charge in [0.15, 0.2) is 0 Å². The topological polar surface area (TPSA) is 54.4 Å². The molecular formula is C19H17N3O. The van der Waals surface area contributed by atoms with E-state index in [4.69, 9.17) is 0 Å². The van der Waals surface area contributed by atoms with Crippen LogP contribution in [0.2, 0.25) is 0 Å². The van der Waals surface area contributed by atoms with Crippen molar-refractivity contribution in [2.75, 3.05) is 5.43 Å². The molecule has 0 amide bonds. The van der Waals surface area contributed by atoms with E-state index in [-0.39, 0.29) is 5.78 Å². The summed E-state index contributed by atoms with van der Waals surface area (Å²) in [6, 6.07) is 9.91.